The molecule has 5 nitrogen and oxygen atoms in total. The summed E-state index contributed by atoms with van der Waals surface area (Å²) in [4.78, 5) is 12.1. The molecule has 1 atom stereocenters. The molecule has 0 bridgehead atoms. The van der Waals surface area contributed by atoms with Gasteiger partial charge in [0.1, 0.15) is 18.9 Å². The molecule has 0 spiro atoms. The van der Waals surface area contributed by atoms with E-state index in [1.165, 1.54) is 0 Å². The average Bonchev–Trinajstić information content (AvgIpc) is 2.90. The van der Waals surface area contributed by atoms with Crippen molar-refractivity contribution in [2.45, 2.75) is 39.5 Å². The molecule has 0 saturated carbocycles. The molecule has 0 unspecified atom stereocenters. The first kappa shape index (κ1) is 13.7. The van der Waals surface area contributed by atoms with E-state index in [0.717, 1.165) is 29.0 Å². The number of carbonyl (C=O) groups is 1. The monoisotopic (exact) mass is 285 g/mol. The molecule has 1 aliphatic heterocycles. The van der Waals surface area contributed by atoms with Gasteiger partial charge in [0, 0.05) is 17.2 Å². The molecule has 3 rings (SSSR count). The molecular formula is C16H19N3O2. The number of amides is 1. The van der Waals surface area contributed by atoms with Crippen LogP contribution in [0.25, 0.3) is 11.3 Å². The minimum Gasteiger partial charge on any atom is -0.488 e. The molecule has 0 fully saturated rings. The second kappa shape index (κ2) is 5.60. The molecule has 1 aliphatic rings. The first-order chi connectivity index (χ1) is 10.2. The van der Waals surface area contributed by atoms with Crippen LogP contribution in [0.15, 0.2) is 30.5 Å². The van der Waals surface area contributed by atoms with Crippen molar-refractivity contribution in [3.63, 3.8) is 0 Å². The van der Waals surface area contributed by atoms with Crippen molar-refractivity contribution in [1.29, 1.82) is 0 Å². The van der Waals surface area contributed by atoms with Gasteiger partial charge in [-0.3, -0.25) is 9.48 Å². The van der Waals surface area contributed by atoms with Crippen LogP contribution in [0.1, 0.15) is 25.8 Å². The summed E-state index contributed by atoms with van der Waals surface area (Å²) in [5, 5.41) is 7.31. The standard InChI is InChI=1S/C16H19N3O2/c1-3-11(2)18-15(20)9-19-16-12(8-17-19)10-21-14-7-5-4-6-13(14)16/h4-8,11H,3,9-10H2,1-2H3,(H,18,20)/t11-/m1/s1. The molecule has 1 aromatic carbocycles. The van der Waals surface area contributed by atoms with Gasteiger partial charge in [-0.05, 0) is 25.5 Å². The van der Waals surface area contributed by atoms with Gasteiger partial charge in [0.15, 0.2) is 0 Å². The molecular weight excluding hydrogens is 266 g/mol. The van der Waals surface area contributed by atoms with E-state index < -0.39 is 0 Å². The van der Waals surface area contributed by atoms with Gasteiger partial charge in [0.25, 0.3) is 0 Å². The van der Waals surface area contributed by atoms with Crippen LogP contribution in [-0.2, 0) is 17.9 Å². The first-order valence-electron chi connectivity index (χ1n) is 7.25. The third kappa shape index (κ3) is 2.63. The second-order valence-electron chi connectivity index (χ2n) is 5.34. The van der Waals surface area contributed by atoms with Gasteiger partial charge in [0.2, 0.25) is 5.91 Å². The molecule has 1 N–H and O–H groups in total. The number of hydrogen-bond donors (Lipinski definition) is 1. The summed E-state index contributed by atoms with van der Waals surface area (Å²) < 4.78 is 7.45. The maximum atomic E-state index is 12.1. The Hall–Kier alpha value is -2.30. The summed E-state index contributed by atoms with van der Waals surface area (Å²) in [6.07, 6.45) is 2.70. The van der Waals surface area contributed by atoms with Gasteiger partial charge < -0.3 is 10.1 Å². The summed E-state index contributed by atoms with van der Waals surface area (Å²) in [5.41, 5.74) is 2.99. The van der Waals surface area contributed by atoms with Gasteiger partial charge in [0.05, 0.1) is 11.9 Å². The quantitative estimate of drug-likeness (QED) is 0.938. The van der Waals surface area contributed by atoms with Crippen LogP contribution in [-0.4, -0.2) is 21.7 Å². The van der Waals surface area contributed by atoms with E-state index in [1.807, 2.05) is 38.1 Å². The van der Waals surface area contributed by atoms with E-state index >= 15 is 0 Å². The number of ether oxygens (including phenoxy) is 1. The van der Waals surface area contributed by atoms with Crippen molar-refractivity contribution in [3.8, 4) is 17.0 Å². The third-order valence-corrected chi connectivity index (χ3v) is 3.75. The van der Waals surface area contributed by atoms with Gasteiger partial charge >= 0.3 is 0 Å². The topological polar surface area (TPSA) is 56.2 Å². The van der Waals surface area contributed by atoms with Crippen LogP contribution in [0.3, 0.4) is 0 Å². The fraction of sp³-hybridized carbons (Fsp3) is 0.375. The maximum Gasteiger partial charge on any atom is 0.241 e. The molecule has 2 aromatic rings. The van der Waals surface area contributed by atoms with Crippen LogP contribution < -0.4 is 10.1 Å². The first-order valence-corrected chi connectivity index (χ1v) is 7.25. The highest BCUT2D eigenvalue weighted by Crippen LogP contribution is 2.36. The Labute approximate surface area is 123 Å². The Morgan fingerprint density at radius 3 is 3.10 bits per heavy atom. The molecule has 5 heteroatoms. The number of para-hydroxylation sites is 1. The van der Waals surface area contributed by atoms with Crippen molar-refractivity contribution in [3.05, 3.63) is 36.0 Å². The number of fused-ring (bicyclic) bond motifs is 3. The molecule has 21 heavy (non-hydrogen) atoms. The highest BCUT2D eigenvalue weighted by molar-refractivity contribution is 5.78. The summed E-state index contributed by atoms with van der Waals surface area (Å²) >= 11 is 0. The van der Waals surface area contributed by atoms with Crippen molar-refractivity contribution in [1.82, 2.24) is 15.1 Å². The van der Waals surface area contributed by atoms with Crippen molar-refractivity contribution < 1.29 is 9.53 Å². The van der Waals surface area contributed by atoms with E-state index in [0.29, 0.717) is 6.61 Å². The highest BCUT2D eigenvalue weighted by atomic mass is 16.5. The summed E-state index contributed by atoms with van der Waals surface area (Å²) in [6, 6.07) is 8.03. The molecule has 0 aliphatic carbocycles. The Morgan fingerprint density at radius 2 is 2.29 bits per heavy atom. The summed E-state index contributed by atoms with van der Waals surface area (Å²) in [5.74, 6) is 0.827. The SMILES string of the molecule is CC[C@@H](C)NC(=O)Cn1ncc2c1-c1ccccc1OC2. The third-order valence-electron chi connectivity index (χ3n) is 3.75. The van der Waals surface area contributed by atoms with Gasteiger partial charge in [-0.1, -0.05) is 19.1 Å². The minimum atomic E-state index is -0.0146. The Bertz CT molecular complexity index is 663. The van der Waals surface area contributed by atoms with Crippen molar-refractivity contribution >= 4 is 5.91 Å². The lowest BCUT2D eigenvalue weighted by Gasteiger charge is -2.19. The minimum absolute atomic E-state index is 0.0146. The molecule has 2 heterocycles. The number of nitrogens with one attached hydrogen (secondary N) is 1. The van der Waals surface area contributed by atoms with E-state index in [-0.39, 0.29) is 18.5 Å². The van der Waals surface area contributed by atoms with E-state index in [2.05, 4.69) is 10.4 Å². The largest absolute Gasteiger partial charge is 0.488 e. The van der Waals surface area contributed by atoms with E-state index in [1.54, 1.807) is 10.9 Å². The van der Waals surface area contributed by atoms with Gasteiger partial charge in [-0.15, -0.1) is 0 Å². The second-order valence-corrected chi connectivity index (χ2v) is 5.34. The number of nitrogens with zero attached hydrogens (tertiary/aromatic N) is 2. The zero-order chi connectivity index (χ0) is 14.8. The van der Waals surface area contributed by atoms with Crippen LogP contribution >= 0.6 is 0 Å². The summed E-state index contributed by atoms with van der Waals surface area (Å²) in [7, 11) is 0. The lowest BCUT2D eigenvalue weighted by Crippen LogP contribution is -2.35. The van der Waals surface area contributed by atoms with Crippen LogP contribution in [0, 0.1) is 0 Å². The van der Waals surface area contributed by atoms with Crippen molar-refractivity contribution in [2.24, 2.45) is 0 Å². The van der Waals surface area contributed by atoms with Crippen molar-refractivity contribution in [2.75, 3.05) is 0 Å². The smallest absolute Gasteiger partial charge is 0.241 e. The lowest BCUT2D eigenvalue weighted by atomic mass is 10.0. The lowest BCUT2D eigenvalue weighted by molar-refractivity contribution is -0.122. The molecule has 110 valence electrons. The highest BCUT2D eigenvalue weighted by Gasteiger charge is 2.22. The van der Waals surface area contributed by atoms with Crippen LogP contribution in [0.2, 0.25) is 0 Å². The Balaban J connectivity index is 1.87. The normalized spacial score (nSPS) is 13.8. The van der Waals surface area contributed by atoms with Crippen LogP contribution in [0.4, 0.5) is 0 Å². The van der Waals surface area contributed by atoms with E-state index in [4.69, 9.17) is 4.74 Å². The number of hydrogen-bond acceptors (Lipinski definition) is 3. The fourth-order valence-corrected chi connectivity index (χ4v) is 2.46. The molecule has 1 aromatic heterocycles. The molecule has 0 radical (unpaired) electrons. The Kier molecular flexibility index (Phi) is 3.64. The molecule has 0 saturated heterocycles. The zero-order valence-electron chi connectivity index (χ0n) is 12.3. The summed E-state index contributed by atoms with van der Waals surface area (Å²) in [6.45, 7) is 4.78. The number of aromatic nitrogens is 2. The number of benzene rings is 1. The van der Waals surface area contributed by atoms with E-state index in [9.17, 15) is 4.79 Å². The number of rotatable bonds is 4. The van der Waals surface area contributed by atoms with Gasteiger partial charge in [-0.2, -0.15) is 5.10 Å². The maximum absolute atomic E-state index is 12.1. The average molecular weight is 285 g/mol. The predicted molar refractivity (Wildman–Crippen MR) is 79.9 cm³/mol. The molecule has 1 amide bonds. The Morgan fingerprint density at radius 1 is 1.48 bits per heavy atom. The fourth-order valence-electron chi connectivity index (χ4n) is 2.46. The predicted octanol–water partition coefficient (Wildman–Crippen LogP) is 2.36. The zero-order valence-corrected chi connectivity index (χ0v) is 12.3. The van der Waals surface area contributed by atoms with Gasteiger partial charge in [-0.25, -0.2) is 0 Å². The van der Waals surface area contributed by atoms with Crippen LogP contribution in [0.5, 0.6) is 5.75 Å². The number of carbonyl (C=O) groups excluding carboxylic acids is 1.